The molecule has 1 heteroatoms. The lowest BCUT2D eigenvalue weighted by Crippen LogP contribution is -2.36. The van der Waals surface area contributed by atoms with Gasteiger partial charge in [-0.1, -0.05) is 44.2 Å². The first-order chi connectivity index (χ1) is 6.62. The summed E-state index contributed by atoms with van der Waals surface area (Å²) < 4.78 is 0. The molecule has 2 rings (SSSR count). The molecule has 1 aromatic carbocycles. The molecule has 0 radical (unpaired) electrons. The van der Waals surface area contributed by atoms with E-state index < -0.39 is 0 Å². The van der Waals surface area contributed by atoms with E-state index in [1.165, 1.54) is 18.4 Å². The van der Waals surface area contributed by atoms with Crippen LogP contribution >= 0.6 is 0 Å². The van der Waals surface area contributed by atoms with Crippen molar-refractivity contribution in [3.63, 3.8) is 0 Å². The fourth-order valence-electron chi connectivity index (χ4n) is 2.40. The molecule has 2 N–H and O–H groups in total. The zero-order valence-corrected chi connectivity index (χ0v) is 9.09. The van der Waals surface area contributed by atoms with Crippen LogP contribution in [0, 0.1) is 5.41 Å². The number of hydrogen-bond donors (Lipinski definition) is 1. The molecular formula is C13H19N. The van der Waals surface area contributed by atoms with Crippen LogP contribution in [-0.2, 0) is 5.41 Å². The van der Waals surface area contributed by atoms with Crippen molar-refractivity contribution in [2.45, 2.75) is 32.1 Å². The SMILES string of the molecule is CC(C)(c1ccccc1)C1(CN)CC1. The number of benzene rings is 1. The first kappa shape index (κ1) is 9.72. The molecule has 0 bridgehead atoms. The van der Waals surface area contributed by atoms with Gasteiger partial charge in [0.1, 0.15) is 0 Å². The maximum absolute atomic E-state index is 5.89. The monoisotopic (exact) mass is 189 g/mol. The molecule has 0 saturated heterocycles. The highest BCUT2D eigenvalue weighted by Crippen LogP contribution is 2.58. The predicted octanol–water partition coefficient (Wildman–Crippen LogP) is 2.70. The van der Waals surface area contributed by atoms with Gasteiger partial charge in [0.05, 0.1) is 0 Å². The third kappa shape index (κ3) is 1.27. The van der Waals surface area contributed by atoms with Crippen molar-refractivity contribution < 1.29 is 0 Å². The lowest BCUT2D eigenvalue weighted by molar-refractivity contribution is 0.300. The highest BCUT2D eigenvalue weighted by molar-refractivity contribution is 5.29. The summed E-state index contributed by atoms with van der Waals surface area (Å²) in [5, 5.41) is 0. The van der Waals surface area contributed by atoms with Crippen molar-refractivity contribution in [1.29, 1.82) is 0 Å². The fraction of sp³-hybridized carbons (Fsp3) is 0.538. The van der Waals surface area contributed by atoms with Crippen molar-refractivity contribution in [3.05, 3.63) is 35.9 Å². The standard InChI is InChI=1S/C13H19N/c1-12(2,13(10-14)8-9-13)11-6-4-3-5-7-11/h3-7H,8-10,14H2,1-2H3. The maximum Gasteiger partial charge on any atom is -0.00122 e. The van der Waals surface area contributed by atoms with Crippen molar-refractivity contribution in [2.24, 2.45) is 11.1 Å². The second-order valence-electron chi connectivity index (χ2n) is 4.98. The summed E-state index contributed by atoms with van der Waals surface area (Å²) in [4.78, 5) is 0. The third-order valence-electron chi connectivity index (χ3n) is 4.07. The predicted molar refractivity (Wildman–Crippen MR) is 60.2 cm³/mol. The minimum atomic E-state index is 0.225. The van der Waals surface area contributed by atoms with E-state index in [2.05, 4.69) is 44.2 Å². The third-order valence-corrected chi connectivity index (χ3v) is 4.07. The number of hydrogen-bond acceptors (Lipinski definition) is 1. The Morgan fingerprint density at radius 2 is 1.79 bits per heavy atom. The average molecular weight is 189 g/mol. The second-order valence-corrected chi connectivity index (χ2v) is 4.98. The summed E-state index contributed by atoms with van der Waals surface area (Å²) in [6.45, 7) is 5.46. The second kappa shape index (κ2) is 3.09. The molecule has 1 nitrogen and oxygen atoms in total. The van der Waals surface area contributed by atoms with E-state index in [0.29, 0.717) is 5.41 Å². The molecule has 0 spiro atoms. The van der Waals surface area contributed by atoms with E-state index in [-0.39, 0.29) is 5.41 Å². The Bertz CT molecular complexity index is 309. The Kier molecular flexibility index (Phi) is 2.15. The minimum Gasteiger partial charge on any atom is -0.330 e. The molecule has 0 unspecified atom stereocenters. The summed E-state index contributed by atoms with van der Waals surface area (Å²) in [7, 11) is 0. The molecule has 1 fully saturated rings. The van der Waals surface area contributed by atoms with Gasteiger partial charge in [-0.05, 0) is 35.8 Å². The Hall–Kier alpha value is -0.820. The number of rotatable bonds is 3. The Labute approximate surface area is 86.3 Å². The van der Waals surface area contributed by atoms with Gasteiger partial charge in [-0.3, -0.25) is 0 Å². The molecule has 14 heavy (non-hydrogen) atoms. The Morgan fingerprint density at radius 3 is 2.21 bits per heavy atom. The van der Waals surface area contributed by atoms with Crippen molar-refractivity contribution in [2.75, 3.05) is 6.54 Å². The average Bonchev–Trinajstić information content (AvgIpc) is 3.00. The molecule has 1 aliphatic rings. The van der Waals surface area contributed by atoms with Crippen LogP contribution in [0.1, 0.15) is 32.3 Å². The first-order valence-corrected chi connectivity index (χ1v) is 5.38. The zero-order chi connectivity index (χ0) is 10.2. The van der Waals surface area contributed by atoms with E-state index in [4.69, 9.17) is 5.73 Å². The summed E-state index contributed by atoms with van der Waals surface area (Å²) in [6.07, 6.45) is 2.57. The van der Waals surface area contributed by atoms with Crippen molar-refractivity contribution in [3.8, 4) is 0 Å². The molecule has 0 heterocycles. The van der Waals surface area contributed by atoms with Crippen molar-refractivity contribution in [1.82, 2.24) is 0 Å². The van der Waals surface area contributed by atoms with E-state index in [1.807, 2.05) is 0 Å². The summed E-state index contributed by atoms with van der Waals surface area (Å²) in [6, 6.07) is 10.7. The summed E-state index contributed by atoms with van der Waals surface area (Å²) in [5.74, 6) is 0. The van der Waals surface area contributed by atoms with Gasteiger partial charge in [0.15, 0.2) is 0 Å². The van der Waals surface area contributed by atoms with E-state index in [1.54, 1.807) is 0 Å². The fourth-order valence-corrected chi connectivity index (χ4v) is 2.40. The quantitative estimate of drug-likeness (QED) is 0.777. The molecule has 76 valence electrons. The molecule has 0 aromatic heterocycles. The van der Waals surface area contributed by atoms with Crippen LogP contribution in [0.15, 0.2) is 30.3 Å². The molecular weight excluding hydrogens is 170 g/mol. The smallest absolute Gasteiger partial charge is 0.00122 e. The van der Waals surface area contributed by atoms with Crippen LogP contribution in [0.4, 0.5) is 0 Å². The molecule has 0 atom stereocenters. The van der Waals surface area contributed by atoms with Gasteiger partial charge < -0.3 is 5.73 Å². The molecule has 1 aromatic rings. The lowest BCUT2D eigenvalue weighted by atomic mass is 9.71. The maximum atomic E-state index is 5.89. The zero-order valence-electron chi connectivity index (χ0n) is 9.09. The van der Waals surface area contributed by atoms with Gasteiger partial charge >= 0.3 is 0 Å². The van der Waals surface area contributed by atoms with Crippen molar-refractivity contribution >= 4 is 0 Å². The van der Waals surface area contributed by atoms with Crippen LogP contribution in [0.2, 0.25) is 0 Å². The topological polar surface area (TPSA) is 26.0 Å². The molecule has 1 aliphatic carbocycles. The van der Waals surface area contributed by atoms with E-state index in [9.17, 15) is 0 Å². The van der Waals surface area contributed by atoms with Crippen LogP contribution < -0.4 is 5.73 Å². The largest absolute Gasteiger partial charge is 0.330 e. The molecule has 1 saturated carbocycles. The molecule has 0 amide bonds. The van der Waals surface area contributed by atoms with Gasteiger partial charge in [0.25, 0.3) is 0 Å². The van der Waals surface area contributed by atoms with Gasteiger partial charge in [-0.15, -0.1) is 0 Å². The Morgan fingerprint density at radius 1 is 1.21 bits per heavy atom. The minimum absolute atomic E-state index is 0.225. The Balaban J connectivity index is 2.33. The number of nitrogens with two attached hydrogens (primary N) is 1. The molecule has 0 aliphatic heterocycles. The lowest BCUT2D eigenvalue weighted by Gasteiger charge is -2.34. The first-order valence-electron chi connectivity index (χ1n) is 5.38. The van der Waals surface area contributed by atoms with E-state index in [0.717, 1.165) is 6.54 Å². The van der Waals surface area contributed by atoms with Gasteiger partial charge in [0.2, 0.25) is 0 Å². The van der Waals surface area contributed by atoms with Crippen LogP contribution in [-0.4, -0.2) is 6.54 Å². The summed E-state index contributed by atoms with van der Waals surface area (Å²) in [5.41, 5.74) is 7.91. The summed E-state index contributed by atoms with van der Waals surface area (Å²) >= 11 is 0. The van der Waals surface area contributed by atoms with Gasteiger partial charge in [-0.25, -0.2) is 0 Å². The normalized spacial score (nSPS) is 19.4. The van der Waals surface area contributed by atoms with Crippen LogP contribution in [0.3, 0.4) is 0 Å². The van der Waals surface area contributed by atoms with E-state index >= 15 is 0 Å². The van der Waals surface area contributed by atoms with Gasteiger partial charge in [-0.2, -0.15) is 0 Å². The van der Waals surface area contributed by atoms with Crippen LogP contribution in [0.25, 0.3) is 0 Å². The van der Waals surface area contributed by atoms with Gasteiger partial charge in [0, 0.05) is 0 Å². The highest BCUT2D eigenvalue weighted by atomic mass is 14.7. The van der Waals surface area contributed by atoms with Crippen LogP contribution in [0.5, 0.6) is 0 Å². The highest BCUT2D eigenvalue weighted by Gasteiger charge is 2.53.